The summed E-state index contributed by atoms with van der Waals surface area (Å²) in [5.74, 6) is -0.929. The highest BCUT2D eigenvalue weighted by Crippen LogP contribution is 2.39. The molecule has 5 nitrogen and oxygen atoms in total. The molecule has 2 amide bonds. The molecular formula is C20H11ClF3N3O2. The lowest BCUT2D eigenvalue weighted by Crippen LogP contribution is -2.30. The van der Waals surface area contributed by atoms with Gasteiger partial charge in [-0.15, -0.1) is 0 Å². The van der Waals surface area contributed by atoms with Gasteiger partial charge in [0.15, 0.2) is 0 Å². The van der Waals surface area contributed by atoms with Crippen LogP contribution < -0.4 is 10.2 Å². The van der Waals surface area contributed by atoms with Crippen LogP contribution in [0.3, 0.4) is 0 Å². The maximum atomic E-state index is 12.7. The zero-order valence-electron chi connectivity index (χ0n) is 14.5. The number of imide groups is 1. The van der Waals surface area contributed by atoms with Crippen LogP contribution >= 0.6 is 11.6 Å². The molecule has 0 atom stereocenters. The zero-order chi connectivity index (χ0) is 20.8. The average molecular weight is 418 g/mol. The molecule has 2 heterocycles. The van der Waals surface area contributed by atoms with Gasteiger partial charge in [0.1, 0.15) is 5.82 Å². The van der Waals surface area contributed by atoms with E-state index in [1.807, 2.05) is 0 Å². The molecule has 9 heteroatoms. The minimum atomic E-state index is -4.50. The third kappa shape index (κ3) is 3.54. The summed E-state index contributed by atoms with van der Waals surface area (Å²) in [5.41, 5.74) is -0.288. The van der Waals surface area contributed by atoms with Crippen molar-refractivity contribution in [2.45, 2.75) is 6.18 Å². The van der Waals surface area contributed by atoms with E-state index in [9.17, 15) is 22.8 Å². The lowest BCUT2D eigenvalue weighted by Gasteiger charge is -2.21. The van der Waals surface area contributed by atoms with Crippen LogP contribution in [0.4, 0.5) is 30.4 Å². The van der Waals surface area contributed by atoms with E-state index in [4.69, 9.17) is 11.6 Å². The van der Waals surface area contributed by atoms with Gasteiger partial charge in [-0.3, -0.25) is 9.59 Å². The fourth-order valence-corrected chi connectivity index (χ4v) is 3.20. The van der Waals surface area contributed by atoms with E-state index in [0.29, 0.717) is 27.7 Å². The van der Waals surface area contributed by atoms with Crippen LogP contribution in [0.15, 0.2) is 60.8 Å². The minimum absolute atomic E-state index is 0.125. The van der Waals surface area contributed by atoms with Crippen molar-refractivity contribution in [1.82, 2.24) is 4.98 Å². The first-order valence-corrected chi connectivity index (χ1v) is 8.70. The molecule has 146 valence electrons. The number of amides is 2. The van der Waals surface area contributed by atoms with Crippen molar-refractivity contribution < 1.29 is 22.8 Å². The molecule has 0 fully saturated rings. The van der Waals surface area contributed by atoms with E-state index >= 15 is 0 Å². The van der Waals surface area contributed by atoms with Crippen LogP contribution in [-0.2, 0) is 15.8 Å². The van der Waals surface area contributed by atoms with Crippen molar-refractivity contribution in [1.29, 1.82) is 0 Å². The fourth-order valence-electron chi connectivity index (χ4n) is 3.02. The quantitative estimate of drug-likeness (QED) is 0.604. The van der Waals surface area contributed by atoms with Crippen LogP contribution in [0.5, 0.6) is 0 Å². The van der Waals surface area contributed by atoms with E-state index in [2.05, 4.69) is 10.3 Å². The van der Waals surface area contributed by atoms with Gasteiger partial charge < -0.3 is 5.32 Å². The Bertz CT molecular complexity index is 1160. The Hall–Kier alpha value is -3.39. The Morgan fingerprint density at radius 1 is 0.966 bits per heavy atom. The third-order valence-corrected chi connectivity index (χ3v) is 4.57. The second kappa shape index (κ2) is 6.89. The number of hydrogen-bond acceptors (Lipinski definition) is 4. The van der Waals surface area contributed by atoms with Gasteiger partial charge in [0, 0.05) is 28.8 Å². The Balaban J connectivity index is 1.82. The van der Waals surface area contributed by atoms with Crippen molar-refractivity contribution >= 4 is 51.4 Å². The number of fused-ring (bicyclic) bond motifs is 1. The monoisotopic (exact) mass is 417 g/mol. The second-order valence-electron chi connectivity index (χ2n) is 6.23. The van der Waals surface area contributed by atoms with Gasteiger partial charge in [-0.2, -0.15) is 13.2 Å². The lowest BCUT2D eigenvalue weighted by molar-refractivity contribution is -0.137. The van der Waals surface area contributed by atoms with Gasteiger partial charge in [0.2, 0.25) is 0 Å². The Morgan fingerprint density at radius 3 is 2.31 bits per heavy atom. The summed E-state index contributed by atoms with van der Waals surface area (Å²) >= 11 is 6.03. The highest BCUT2D eigenvalue weighted by molar-refractivity contribution is 6.33. The number of hydrogen-bond donors (Lipinski definition) is 1. The fraction of sp³-hybridized carbons (Fsp3) is 0.0500. The molecule has 29 heavy (non-hydrogen) atoms. The number of anilines is 3. The maximum Gasteiger partial charge on any atom is 0.417 e. The number of alkyl halides is 3. The molecule has 0 saturated heterocycles. The second-order valence-corrected chi connectivity index (χ2v) is 6.66. The lowest BCUT2D eigenvalue weighted by atomic mass is 10.1. The molecule has 0 saturated carbocycles. The molecule has 4 rings (SSSR count). The predicted octanol–water partition coefficient (Wildman–Crippen LogP) is 5.08. The van der Waals surface area contributed by atoms with Crippen LogP contribution in [0.2, 0.25) is 5.02 Å². The predicted molar refractivity (Wildman–Crippen MR) is 103 cm³/mol. The Kier molecular flexibility index (Phi) is 4.50. The Labute approximate surface area is 167 Å². The van der Waals surface area contributed by atoms with Crippen LogP contribution in [0.1, 0.15) is 5.56 Å². The van der Waals surface area contributed by atoms with E-state index in [0.717, 1.165) is 23.1 Å². The van der Waals surface area contributed by atoms with Crippen molar-refractivity contribution in [3.63, 3.8) is 0 Å². The molecule has 2 aromatic carbocycles. The SMILES string of the molecule is O=C1C=CC(=O)N1c1c(Nc2ccc(C(F)(F)F)cn2)ccc2cc(Cl)ccc12. The summed E-state index contributed by atoms with van der Waals surface area (Å²) in [6, 6.07) is 10.3. The normalized spacial score (nSPS) is 14.1. The molecule has 3 aromatic rings. The molecule has 1 aliphatic rings. The number of nitrogens with zero attached hydrogens (tertiary/aromatic N) is 2. The highest BCUT2D eigenvalue weighted by Gasteiger charge is 2.31. The van der Waals surface area contributed by atoms with E-state index in [1.54, 1.807) is 30.3 Å². The summed E-state index contributed by atoms with van der Waals surface area (Å²) in [4.78, 5) is 29.3. The number of nitrogens with one attached hydrogen (secondary N) is 1. The van der Waals surface area contributed by atoms with E-state index < -0.39 is 23.6 Å². The van der Waals surface area contributed by atoms with E-state index in [-0.39, 0.29) is 11.5 Å². The molecule has 1 aromatic heterocycles. The first kappa shape index (κ1) is 18.9. The van der Waals surface area contributed by atoms with Gasteiger partial charge in [0.05, 0.1) is 16.9 Å². The zero-order valence-corrected chi connectivity index (χ0v) is 15.3. The molecule has 1 N–H and O–H groups in total. The first-order chi connectivity index (χ1) is 13.7. The molecule has 0 aliphatic carbocycles. The van der Waals surface area contributed by atoms with E-state index in [1.165, 1.54) is 6.07 Å². The topological polar surface area (TPSA) is 62.3 Å². The number of carbonyl (C=O) groups excluding carboxylic acids is 2. The highest BCUT2D eigenvalue weighted by atomic mass is 35.5. The molecule has 0 bridgehead atoms. The number of rotatable bonds is 3. The van der Waals surface area contributed by atoms with Gasteiger partial charge in [0.25, 0.3) is 11.8 Å². The first-order valence-electron chi connectivity index (χ1n) is 8.33. The number of pyridine rings is 1. The van der Waals surface area contributed by atoms with Crippen LogP contribution in [0.25, 0.3) is 10.8 Å². The standard InChI is InChI=1S/C20H11ClF3N3O2/c21-13-3-4-14-11(9-13)1-5-15(19(14)27-17(28)7-8-18(27)29)26-16-6-2-12(10-25-16)20(22,23)24/h1-10H,(H,25,26). The molecule has 0 unspecified atom stereocenters. The third-order valence-electron chi connectivity index (χ3n) is 4.34. The van der Waals surface area contributed by atoms with Gasteiger partial charge in [-0.05, 0) is 35.7 Å². The number of halogens is 4. The summed E-state index contributed by atoms with van der Waals surface area (Å²) in [6.07, 6.45) is -1.50. The van der Waals surface area contributed by atoms with Crippen LogP contribution in [0, 0.1) is 0 Å². The molecule has 1 aliphatic heterocycles. The average Bonchev–Trinajstić information content (AvgIpc) is 3.00. The number of aromatic nitrogens is 1. The van der Waals surface area contributed by atoms with Crippen molar-refractivity contribution in [3.05, 3.63) is 71.4 Å². The number of benzene rings is 2. The number of carbonyl (C=O) groups is 2. The molecular weight excluding hydrogens is 407 g/mol. The summed E-state index contributed by atoms with van der Waals surface area (Å²) in [6.45, 7) is 0. The van der Waals surface area contributed by atoms with Crippen molar-refractivity contribution in [3.8, 4) is 0 Å². The summed E-state index contributed by atoms with van der Waals surface area (Å²) < 4.78 is 38.2. The maximum absolute atomic E-state index is 12.7. The van der Waals surface area contributed by atoms with Crippen molar-refractivity contribution in [2.75, 3.05) is 10.2 Å². The Morgan fingerprint density at radius 2 is 1.69 bits per heavy atom. The summed E-state index contributed by atoms with van der Waals surface area (Å²) in [5, 5.41) is 4.62. The molecule has 0 radical (unpaired) electrons. The van der Waals surface area contributed by atoms with Crippen molar-refractivity contribution in [2.24, 2.45) is 0 Å². The van der Waals surface area contributed by atoms with Gasteiger partial charge in [-0.1, -0.05) is 23.7 Å². The minimum Gasteiger partial charge on any atom is -0.339 e. The smallest absolute Gasteiger partial charge is 0.339 e. The van der Waals surface area contributed by atoms with Gasteiger partial charge >= 0.3 is 6.18 Å². The largest absolute Gasteiger partial charge is 0.417 e. The summed E-state index contributed by atoms with van der Waals surface area (Å²) in [7, 11) is 0. The molecule has 0 spiro atoms. The van der Waals surface area contributed by atoms with Crippen LogP contribution in [-0.4, -0.2) is 16.8 Å². The van der Waals surface area contributed by atoms with Gasteiger partial charge in [-0.25, -0.2) is 9.88 Å².